The Hall–Kier alpha value is -2.33. The normalized spacial score (nSPS) is 12.8. The Kier molecular flexibility index (Phi) is 4.63. The smallest absolute Gasteiger partial charge is 0.253 e. The van der Waals surface area contributed by atoms with Gasteiger partial charge in [-0.2, -0.15) is 0 Å². The summed E-state index contributed by atoms with van der Waals surface area (Å²) in [7, 11) is 1.83. The van der Waals surface area contributed by atoms with Gasteiger partial charge in [-0.25, -0.2) is 0 Å². The molecule has 0 spiro atoms. The van der Waals surface area contributed by atoms with Gasteiger partial charge in [0.25, 0.3) is 5.91 Å². The van der Waals surface area contributed by atoms with Gasteiger partial charge in [-0.3, -0.25) is 4.79 Å². The summed E-state index contributed by atoms with van der Waals surface area (Å²) in [6, 6.07) is 13.8. The van der Waals surface area contributed by atoms with E-state index in [2.05, 4.69) is 5.32 Å². The van der Waals surface area contributed by atoms with E-state index >= 15 is 0 Å². The maximum Gasteiger partial charge on any atom is 0.253 e. The predicted octanol–water partition coefficient (Wildman–Crippen LogP) is 2.96. The molecule has 3 rings (SSSR count). The lowest BCUT2D eigenvalue weighted by molar-refractivity contribution is 0.0784. The topological polar surface area (TPSA) is 41.6 Å². The van der Waals surface area contributed by atoms with Crippen LogP contribution < -0.4 is 10.1 Å². The molecule has 0 aromatic heterocycles. The standard InChI is InChI=1S/C19H22N2O2/c1-3-23-18-7-5-4-6-16(18)13-21(2)19(22)14-8-9-15-11-20-12-17(15)10-14/h4-10,20H,3,11-13H2,1-2H3. The maximum absolute atomic E-state index is 12.7. The quantitative estimate of drug-likeness (QED) is 0.923. The molecule has 1 aliphatic heterocycles. The average Bonchev–Trinajstić information content (AvgIpc) is 3.03. The number of nitrogens with one attached hydrogen (secondary N) is 1. The fourth-order valence-corrected chi connectivity index (χ4v) is 2.91. The second kappa shape index (κ2) is 6.84. The Labute approximate surface area is 137 Å². The van der Waals surface area contributed by atoms with Gasteiger partial charge < -0.3 is 15.0 Å². The summed E-state index contributed by atoms with van der Waals surface area (Å²) in [5, 5.41) is 3.30. The molecule has 0 aliphatic carbocycles. The summed E-state index contributed by atoms with van der Waals surface area (Å²) in [5.41, 5.74) is 4.27. The number of amides is 1. The zero-order chi connectivity index (χ0) is 16.2. The average molecular weight is 310 g/mol. The first-order valence-electron chi connectivity index (χ1n) is 7.97. The van der Waals surface area contributed by atoms with Crippen LogP contribution in [0.3, 0.4) is 0 Å². The molecule has 2 aromatic carbocycles. The Morgan fingerprint density at radius 3 is 2.78 bits per heavy atom. The molecule has 1 N–H and O–H groups in total. The van der Waals surface area contributed by atoms with Crippen LogP contribution in [-0.2, 0) is 19.6 Å². The SMILES string of the molecule is CCOc1ccccc1CN(C)C(=O)c1ccc2c(c1)CNC2. The summed E-state index contributed by atoms with van der Waals surface area (Å²) in [5.74, 6) is 0.874. The fourth-order valence-electron chi connectivity index (χ4n) is 2.91. The van der Waals surface area contributed by atoms with E-state index in [0.717, 1.165) is 30.0 Å². The number of benzene rings is 2. The van der Waals surface area contributed by atoms with E-state index in [1.165, 1.54) is 11.1 Å². The third kappa shape index (κ3) is 3.37. The molecule has 1 heterocycles. The third-order valence-electron chi connectivity index (χ3n) is 4.11. The van der Waals surface area contributed by atoms with Crippen LogP contribution in [0.4, 0.5) is 0 Å². The van der Waals surface area contributed by atoms with Crippen molar-refractivity contribution in [2.45, 2.75) is 26.6 Å². The summed E-state index contributed by atoms with van der Waals surface area (Å²) in [4.78, 5) is 14.4. The zero-order valence-corrected chi connectivity index (χ0v) is 13.6. The molecular formula is C19H22N2O2. The number of hydrogen-bond donors (Lipinski definition) is 1. The molecule has 1 amide bonds. The number of nitrogens with zero attached hydrogens (tertiary/aromatic N) is 1. The van der Waals surface area contributed by atoms with E-state index < -0.39 is 0 Å². The van der Waals surface area contributed by atoms with Crippen LogP contribution in [-0.4, -0.2) is 24.5 Å². The van der Waals surface area contributed by atoms with Gasteiger partial charge in [0.15, 0.2) is 0 Å². The molecule has 0 bridgehead atoms. The van der Waals surface area contributed by atoms with Gasteiger partial charge in [0.2, 0.25) is 0 Å². The second-order valence-electron chi connectivity index (χ2n) is 5.79. The zero-order valence-electron chi connectivity index (χ0n) is 13.6. The van der Waals surface area contributed by atoms with Crippen LogP contribution in [0.5, 0.6) is 5.75 Å². The molecule has 2 aromatic rings. The molecule has 0 fully saturated rings. The van der Waals surface area contributed by atoms with Gasteiger partial charge in [-0.15, -0.1) is 0 Å². The number of carbonyl (C=O) groups is 1. The molecule has 120 valence electrons. The third-order valence-corrected chi connectivity index (χ3v) is 4.11. The van der Waals surface area contributed by atoms with Gasteiger partial charge in [-0.1, -0.05) is 24.3 Å². The Balaban J connectivity index is 1.75. The van der Waals surface area contributed by atoms with E-state index in [1.54, 1.807) is 4.90 Å². The minimum Gasteiger partial charge on any atom is -0.494 e. The van der Waals surface area contributed by atoms with E-state index in [4.69, 9.17) is 4.74 Å². The summed E-state index contributed by atoms with van der Waals surface area (Å²) in [6.45, 7) is 4.84. The Morgan fingerprint density at radius 2 is 1.96 bits per heavy atom. The Bertz CT molecular complexity index is 712. The summed E-state index contributed by atoms with van der Waals surface area (Å²) in [6.07, 6.45) is 0. The molecule has 0 saturated heterocycles. The van der Waals surface area contributed by atoms with Gasteiger partial charge in [0.05, 0.1) is 6.61 Å². The number of para-hydroxylation sites is 1. The molecule has 23 heavy (non-hydrogen) atoms. The number of rotatable bonds is 5. The Morgan fingerprint density at radius 1 is 1.17 bits per heavy atom. The highest BCUT2D eigenvalue weighted by Gasteiger charge is 2.17. The highest BCUT2D eigenvalue weighted by atomic mass is 16.5. The first-order valence-corrected chi connectivity index (χ1v) is 7.97. The summed E-state index contributed by atoms with van der Waals surface area (Å²) >= 11 is 0. The van der Waals surface area contributed by atoms with Crippen LogP contribution in [0.2, 0.25) is 0 Å². The van der Waals surface area contributed by atoms with Gasteiger partial charge in [0.1, 0.15) is 5.75 Å². The van der Waals surface area contributed by atoms with Crippen molar-refractivity contribution in [2.75, 3.05) is 13.7 Å². The molecule has 0 radical (unpaired) electrons. The van der Waals surface area contributed by atoms with E-state index in [1.807, 2.05) is 56.4 Å². The van der Waals surface area contributed by atoms with Crippen LogP contribution in [0, 0.1) is 0 Å². The lowest BCUT2D eigenvalue weighted by Crippen LogP contribution is -2.26. The largest absolute Gasteiger partial charge is 0.494 e. The van der Waals surface area contributed by atoms with Gasteiger partial charge in [0, 0.05) is 37.8 Å². The van der Waals surface area contributed by atoms with Crippen molar-refractivity contribution in [3.8, 4) is 5.75 Å². The van der Waals surface area contributed by atoms with Crippen molar-refractivity contribution >= 4 is 5.91 Å². The molecule has 0 atom stereocenters. The van der Waals surface area contributed by atoms with Crippen molar-refractivity contribution in [3.63, 3.8) is 0 Å². The first kappa shape index (κ1) is 15.6. The van der Waals surface area contributed by atoms with Crippen LogP contribution in [0.25, 0.3) is 0 Å². The molecule has 4 nitrogen and oxygen atoms in total. The second-order valence-corrected chi connectivity index (χ2v) is 5.79. The first-order chi connectivity index (χ1) is 11.2. The van der Waals surface area contributed by atoms with Crippen LogP contribution >= 0.6 is 0 Å². The van der Waals surface area contributed by atoms with E-state index in [0.29, 0.717) is 13.2 Å². The van der Waals surface area contributed by atoms with E-state index in [-0.39, 0.29) is 5.91 Å². The highest BCUT2D eigenvalue weighted by Crippen LogP contribution is 2.21. The monoisotopic (exact) mass is 310 g/mol. The number of fused-ring (bicyclic) bond motifs is 1. The molecule has 0 saturated carbocycles. The minimum atomic E-state index is 0.0333. The lowest BCUT2D eigenvalue weighted by Gasteiger charge is -2.19. The fraction of sp³-hybridized carbons (Fsp3) is 0.316. The number of hydrogen-bond acceptors (Lipinski definition) is 3. The molecule has 4 heteroatoms. The van der Waals surface area contributed by atoms with Crippen molar-refractivity contribution in [3.05, 3.63) is 64.7 Å². The minimum absolute atomic E-state index is 0.0333. The van der Waals surface area contributed by atoms with Crippen molar-refractivity contribution in [1.82, 2.24) is 10.2 Å². The van der Waals surface area contributed by atoms with Crippen LogP contribution in [0.1, 0.15) is 34.0 Å². The maximum atomic E-state index is 12.7. The number of ether oxygens (including phenoxy) is 1. The van der Waals surface area contributed by atoms with Crippen molar-refractivity contribution in [2.24, 2.45) is 0 Å². The van der Waals surface area contributed by atoms with E-state index in [9.17, 15) is 4.79 Å². The molecular weight excluding hydrogens is 288 g/mol. The van der Waals surface area contributed by atoms with Gasteiger partial charge in [-0.05, 0) is 36.2 Å². The predicted molar refractivity (Wildman–Crippen MR) is 90.4 cm³/mol. The van der Waals surface area contributed by atoms with Crippen molar-refractivity contribution in [1.29, 1.82) is 0 Å². The lowest BCUT2D eigenvalue weighted by atomic mass is 10.1. The van der Waals surface area contributed by atoms with Gasteiger partial charge >= 0.3 is 0 Å². The highest BCUT2D eigenvalue weighted by molar-refractivity contribution is 5.94. The molecule has 0 unspecified atom stereocenters. The number of carbonyl (C=O) groups excluding carboxylic acids is 1. The summed E-state index contributed by atoms with van der Waals surface area (Å²) < 4.78 is 5.64. The van der Waals surface area contributed by atoms with Crippen LogP contribution in [0.15, 0.2) is 42.5 Å². The molecule has 1 aliphatic rings. The van der Waals surface area contributed by atoms with Crippen molar-refractivity contribution < 1.29 is 9.53 Å².